The molecule has 1 nitrogen and oxygen atoms in total. The van der Waals surface area contributed by atoms with Crippen molar-refractivity contribution in [3.05, 3.63) is 34.9 Å². The second-order valence-electron chi connectivity index (χ2n) is 7.37. The van der Waals surface area contributed by atoms with Gasteiger partial charge in [0.15, 0.2) is 0 Å². The molecule has 0 aliphatic heterocycles. The van der Waals surface area contributed by atoms with Crippen LogP contribution >= 0.6 is 0 Å². The molecule has 1 rings (SSSR count). The van der Waals surface area contributed by atoms with Crippen LogP contribution in [0.5, 0.6) is 0 Å². The molecular formula is C18H31N. The van der Waals surface area contributed by atoms with Crippen molar-refractivity contribution in [1.82, 2.24) is 5.32 Å². The maximum Gasteiger partial charge on any atom is 0.0320 e. The summed E-state index contributed by atoms with van der Waals surface area (Å²) in [7, 11) is 2.08. The van der Waals surface area contributed by atoms with E-state index in [1.807, 2.05) is 0 Å². The van der Waals surface area contributed by atoms with Crippen LogP contribution in [0.25, 0.3) is 0 Å². The Morgan fingerprint density at radius 1 is 1.05 bits per heavy atom. The molecule has 108 valence electrons. The van der Waals surface area contributed by atoms with Crippen molar-refractivity contribution >= 4 is 0 Å². The minimum atomic E-state index is 0.417. The van der Waals surface area contributed by atoms with E-state index < -0.39 is 0 Å². The monoisotopic (exact) mass is 261 g/mol. The summed E-state index contributed by atoms with van der Waals surface area (Å²) in [6, 6.07) is 7.35. The lowest BCUT2D eigenvalue weighted by Crippen LogP contribution is -2.21. The van der Waals surface area contributed by atoms with Crippen molar-refractivity contribution in [3.63, 3.8) is 0 Å². The first kappa shape index (κ1) is 16.2. The molecule has 1 aromatic rings. The highest BCUT2D eigenvalue weighted by atomic mass is 14.9. The average Bonchev–Trinajstić information content (AvgIpc) is 2.21. The van der Waals surface area contributed by atoms with Crippen molar-refractivity contribution in [2.75, 3.05) is 7.05 Å². The number of aryl methyl sites for hydroxylation is 2. The summed E-state index contributed by atoms with van der Waals surface area (Å²) in [6.45, 7) is 13.7. The highest BCUT2D eigenvalue weighted by Gasteiger charge is 2.19. The Morgan fingerprint density at radius 2 is 1.58 bits per heavy atom. The molecule has 0 amide bonds. The van der Waals surface area contributed by atoms with Crippen molar-refractivity contribution in [3.8, 4) is 0 Å². The fourth-order valence-electron chi connectivity index (χ4n) is 3.16. The number of nitrogens with one attached hydrogen (secondary N) is 1. The first-order valence-electron chi connectivity index (χ1n) is 7.47. The Labute approximate surface area is 119 Å². The molecule has 0 aliphatic carbocycles. The molecule has 0 aromatic heterocycles. The van der Waals surface area contributed by atoms with E-state index in [1.165, 1.54) is 29.5 Å². The zero-order valence-electron chi connectivity index (χ0n) is 13.8. The molecular weight excluding hydrogens is 230 g/mol. The van der Waals surface area contributed by atoms with Crippen molar-refractivity contribution in [1.29, 1.82) is 0 Å². The number of rotatable bonds is 5. The minimum Gasteiger partial charge on any atom is -0.313 e. The third kappa shape index (κ3) is 5.78. The van der Waals surface area contributed by atoms with Crippen LogP contribution in [-0.2, 0) is 0 Å². The molecule has 1 N–H and O–H groups in total. The number of hydrogen-bond donors (Lipinski definition) is 1. The van der Waals surface area contributed by atoms with Crippen LogP contribution in [0.3, 0.4) is 0 Å². The average molecular weight is 261 g/mol. The molecule has 0 aliphatic rings. The molecule has 0 radical (unpaired) electrons. The maximum absolute atomic E-state index is 3.49. The van der Waals surface area contributed by atoms with E-state index >= 15 is 0 Å². The summed E-state index contributed by atoms with van der Waals surface area (Å²) in [4.78, 5) is 0. The standard InChI is InChI=1S/C18H31N/c1-13-8-14(2)10-16(9-13)17(19-7)11-15(3)12-18(4,5)6/h8-10,15,17,19H,11-12H2,1-7H3. The Bertz CT molecular complexity index is 380. The summed E-state index contributed by atoms with van der Waals surface area (Å²) in [5, 5.41) is 3.49. The molecule has 0 saturated carbocycles. The van der Waals surface area contributed by atoms with Gasteiger partial charge in [0, 0.05) is 6.04 Å². The first-order chi connectivity index (χ1) is 8.71. The zero-order valence-corrected chi connectivity index (χ0v) is 13.8. The summed E-state index contributed by atoms with van der Waals surface area (Å²) >= 11 is 0. The topological polar surface area (TPSA) is 12.0 Å². The highest BCUT2D eigenvalue weighted by molar-refractivity contribution is 5.30. The van der Waals surface area contributed by atoms with Gasteiger partial charge >= 0.3 is 0 Å². The van der Waals surface area contributed by atoms with E-state index in [0.29, 0.717) is 11.5 Å². The first-order valence-corrected chi connectivity index (χ1v) is 7.47. The SMILES string of the molecule is CNC(CC(C)CC(C)(C)C)c1cc(C)cc(C)c1. The lowest BCUT2D eigenvalue weighted by molar-refractivity contribution is 0.279. The van der Waals surface area contributed by atoms with Gasteiger partial charge in [-0.15, -0.1) is 0 Å². The van der Waals surface area contributed by atoms with Gasteiger partial charge < -0.3 is 5.32 Å². The van der Waals surface area contributed by atoms with Crippen molar-refractivity contribution in [2.45, 2.75) is 60.4 Å². The minimum absolute atomic E-state index is 0.417. The number of benzene rings is 1. The largest absolute Gasteiger partial charge is 0.313 e. The fourth-order valence-corrected chi connectivity index (χ4v) is 3.16. The molecule has 0 heterocycles. The van der Waals surface area contributed by atoms with Crippen molar-refractivity contribution in [2.24, 2.45) is 11.3 Å². The lowest BCUT2D eigenvalue weighted by atomic mass is 9.82. The molecule has 0 spiro atoms. The van der Waals surface area contributed by atoms with Crippen LogP contribution in [-0.4, -0.2) is 7.05 Å². The predicted molar refractivity (Wildman–Crippen MR) is 85.6 cm³/mol. The van der Waals surface area contributed by atoms with Gasteiger partial charge in [-0.25, -0.2) is 0 Å². The second kappa shape index (κ2) is 6.56. The second-order valence-corrected chi connectivity index (χ2v) is 7.37. The van der Waals surface area contributed by atoms with Gasteiger partial charge in [-0.2, -0.15) is 0 Å². The Kier molecular flexibility index (Phi) is 5.61. The molecule has 2 atom stereocenters. The van der Waals surface area contributed by atoms with Crippen LogP contribution < -0.4 is 5.32 Å². The van der Waals surface area contributed by atoms with E-state index in [2.05, 4.69) is 72.1 Å². The van der Waals surface area contributed by atoms with Crippen LogP contribution in [0.1, 0.15) is 63.3 Å². The van der Waals surface area contributed by atoms with Gasteiger partial charge in [-0.3, -0.25) is 0 Å². The van der Waals surface area contributed by atoms with Crippen LogP contribution in [0, 0.1) is 25.2 Å². The number of hydrogen-bond acceptors (Lipinski definition) is 1. The molecule has 19 heavy (non-hydrogen) atoms. The van der Waals surface area contributed by atoms with E-state index in [4.69, 9.17) is 0 Å². The molecule has 0 saturated heterocycles. The lowest BCUT2D eigenvalue weighted by Gasteiger charge is -2.27. The fraction of sp³-hybridized carbons (Fsp3) is 0.667. The molecule has 0 fully saturated rings. The Hall–Kier alpha value is -0.820. The Balaban J connectivity index is 2.77. The Morgan fingerprint density at radius 3 is 2.00 bits per heavy atom. The van der Waals surface area contributed by atoms with Crippen LogP contribution in [0.15, 0.2) is 18.2 Å². The third-order valence-corrected chi connectivity index (χ3v) is 3.59. The molecule has 1 heteroatoms. The smallest absolute Gasteiger partial charge is 0.0320 e. The summed E-state index contributed by atoms with van der Waals surface area (Å²) in [6.07, 6.45) is 2.48. The molecule has 0 bridgehead atoms. The zero-order chi connectivity index (χ0) is 14.6. The van der Waals surface area contributed by atoms with Gasteiger partial charge in [0.05, 0.1) is 0 Å². The van der Waals surface area contributed by atoms with Crippen LogP contribution in [0.4, 0.5) is 0 Å². The highest BCUT2D eigenvalue weighted by Crippen LogP contribution is 2.30. The molecule has 1 aromatic carbocycles. The van der Waals surface area contributed by atoms with Gasteiger partial charge in [0.1, 0.15) is 0 Å². The van der Waals surface area contributed by atoms with Gasteiger partial charge in [-0.1, -0.05) is 57.0 Å². The van der Waals surface area contributed by atoms with Crippen LogP contribution in [0.2, 0.25) is 0 Å². The van der Waals surface area contributed by atoms with Gasteiger partial charge in [0.25, 0.3) is 0 Å². The third-order valence-electron chi connectivity index (χ3n) is 3.59. The summed E-state index contributed by atoms with van der Waals surface area (Å²) in [5.74, 6) is 0.735. The van der Waals surface area contributed by atoms with E-state index in [9.17, 15) is 0 Å². The summed E-state index contributed by atoms with van der Waals surface area (Å²) < 4.78 is 0. The maximum atomic E-state index is 3.49. The van der Waals surface area contributed by atoms with E-state index in [-0.39, 0.29) is 0 Å². The normalized spacial score (nSPS) is 15.3. The predicted octanol–water partition coefficient (Wildman–Crippen LogP) is 5.03. The van der Waals surface area contributed by atoms with Gasteiger partial charge in [0.2, 0.25) is 0 Å². The molecule has 2 unspecified atom stereocenters. The van der Waals surface area contributed by atoms with Crippen molar-refractivity contribution < 1.29 is 0 Å². The van der Waals surface area contributed by atoms with E-state index in [0.717, 1.165) is 5.92 Å². The van der Waals surface area contributed by atoms with Gasteiger partial charge in [-0.05, 0) is 50.6 Å². The summed E-state index contributed by atoms with van der Waals surface area (Å²) in [5.41, 5.74) is 4.57. The van der Waals surface area contributed by atoms with E-state index in [1.54, 1.807) is 0 Å². The quantitative estimate of drug-likeness (QED) is 0.784.